The molecule has 4 nitrogen and oxygen atoms in total. The van der Waals surface area contributed by atoms with E-state index < -0.39 is 0 Å². The molecule has 1 N–H and O–H groups in total. The molecule has 150 valence electrons. The van der Waals surface area contributed by atoms with Crippen molar-refractivity contribution in [2.24, 2.45) is 0 Å². The number of benzene rings is 3. The number of ketones is 1. The van der Waals surface area contributed by atoms with Crippen LogP contribution in [0.5, 0.6) is 5.75 Å². The summed E-state index contributed by atoms with van der Waals surface area (Å²) in [4.78, 5) is 19.5. The van der Waals surface area contributed by atoms with Gasteiger partial charge in [0.1, 0.15) is 11.5 Å². The van der Waals surface area contributed by atoms with Gasteiger partial charge in [-0.05, 0) is 28.8 Å². The molecule has 0 unspecified atom stereocenters. The van der Waals surface area contributed by atoms with Gasteiger partial charge in [-0.25, -0.2) is 4.98 Å². The minimum atomic E-state index is 0.229. The summed E-state index contributed by atoms with van der Waals surface area (Å²) >= 11 is 0. The van der Waals surface area contributed by atoms with Gasteiger partial charge in [0, 0.05) is 24.8 Å². The highest BCUT2D eigenvalue weighted by molar-refractivity contribution is 5.83. The van der Waals surface area contributed by atoms with Crippen molar-refractivity contribution >= 4 is 5.78 Å². The lowest BCUT2D eigenvalue weighted by atomic mass is 10.0. The Hall–Kier alpha value is -3.66. The van der Waals surface area contributed by atoms with Crippen LogP contribution < -0.4 is 4.74 Å². The zero-order valence-corrected chi connectivity index (χ0v) is 16.8. The molecule has 0 aliphatic carbocycles. The van der Waals surface area contributed by atoms with E-state index in [0.717, 1.165) is 34.6 Å². The summed E-state index contributed by atoms with van der Waals surface area (Å²) < 4.78 is 6.02. The van der Waals surface area contributed by atoms with Crippen LogP contribution in [0.3, 0.4) is 0 Å². The molecular formula is C26H24N2O2. The topological polar surface area (TPSA) is 55.0 Å². The molecule has 0 radical (unpaired) electrons. The number of aromatic amines is 1. The van der Waals surface area contributed by atoms with E-state index in [1.54, 1.807) is 12.5 Å². The van der Waals surface area contributed by atoms with Gasteiger partial charge in [-0.1, -0.05) is 66.7 Å². The smallest absolute Gasteiger partial charge is 0.141 e. The SMILES string of the molecule is O=C(Cc1ccccc1)Cc1ccc(CCOc2ccccc2-c2cnc[nH]2)cc1. The molecule has 4 aromatic rings. The number of rotatable bonds is 9. The van der Waals surface area contributed by atoms with Crippen LogP contribution in [0.1, 0.15) is 16.7 Å². The second kappa shape index (κ2) is 9.70. The summed E-state index contributed by atoms with van der Waals surface area (Å²) in [6.07, 6.45) is 5.20. The Morgan fingerprint density at radius 1 is 0.800 bits per heavy atom. The summed E-state index contributed by atoms with van der Waals surface area (Å²) in [5.74, 6) is 1.07. The van der Waals surface area contributed by atoms with Gasteiger partial charge in [0.05, 0.1) is 24.8 Å². The highest BCUT2D eigenvalue weighted by Gasteiger charge is 2.08. The second-order valence-electron chi connectivity index (χ2n) is 7.25. The second-order valence-corrected chi connectivity index (χ2v) is 7.25. The molecule has 3 aromatic carbocycles. The number of Topliss-reactive ketones (excluding diaryl/α,β-unsaturated/α-hetero) is 1. The van der Waals surface area contributed by atoms with Gasteiger partial charge in [0.25, 0.3) is 0 Å². The Balaban J connectivity index is 1.29. The molecule has 0 atom stereocenters. The number of nitrogens with one attached hydrogen (secondary N) is 1. The Bertz CT molecular complexity index is 1070. The van der Waals surface area contributed by atoms with Crippen molar-refractivity contribution < 1.29 is 9.53 Å². The Morgan fingerprint density at radius 2 is 1.47 bits per heavy atom. The van der Waals surface area contributed by atoms with Crippen LogP contribution in [0.4, 0.5) is 0 Å². The number of H-pyrrole nitrogens is 1. The van der Waals surface area contributed by atoms with Crippen molar-refractivity contribution in [3.8, 4) is 17.0 Å². The van der Waals surface area contributed by atoms with E-state index in [1.807, 2.05) is 66.7 Å². The predicted octanol–water partition coefficient (Wildman–Crippen LogP) is 5.05. The molecule has 0 spiro atoms. The molecule has 0 saturated carbocycles. The summed E-state index contributed by atoms with van der Waals surface area (Å²) in [5, 5.41) is 0. The third kappa shape index (κ3) is 5.23. The molecule has 0 amide bonds. The lowest BCUT2D eigenvalue weighted by Crippen LogP contribution is -2.07. The van der Waals surface area contributed by atoms with E-state index in [4.69, 9.17) is 4.74 Å². The lowest BCUT2D eigenvalue weighted by molar-refractivity contribution is -0.117. The average Bonchev–Trinajstić information content (AvgIpc) is 3.31. The molecular weight excluding hydrogens is 372 g/mol. The van der Waals surface area contributed by atoms with Crippen LogP contribution in [0, 0.1) is 0 Å². The molecule has 30 heavy (non-hydrogen) atoms. The molecule has 0 aliphatic rings. The average molecular weight is 396 g/mol. The van der Waals surface area contributed by atoms with E-state index in [0.29, 0.717) is 19.4 Å². The van der Waals surface area contributed by atoms with Crippen molar-refractivity contribution in [2.45, 2.75) is 19.3 Å². The number of carbonyl (C=O) groups is 1. The van der Waals surface area contributed by atoms with Gasteiger partial charge >= 0.3 is 0 Å². The normalized spacial score (nSPS) is 10.7. The maximum Gasteiger partial charge on any atom is 0.141 e. The Labute approximate surface area is 176 Å². The van der Waals surface area contributed by atoms with E-state index in [9.17, 15) is 4.79 Å². The highest BCUT2D eigenvalue weighted by Crippen LogP contribution is 2.27. The Kier molecular flexibility index (Phi) is 6.35. The van der Waals surface area contributed by atoms with Crippen molar-refractivity contribution in [1.82, 2.24) is 9.97 Å². The van der Waals surface area contributed by atoms with Crippen molar-refractivity contribution in [2.75, 3.05) is 6.61 Å². The van der Waals surface area contributed by atoms with Crippen LogP contribution in [0.25, 0.3) is 11.3 Å². The number of imidazole rings is 1. The molecule has 0 saturated heterocycles. The summed E-state index contributed by atoms with van der Waals surface area (Å²) in [6.45, 7) is 0.581. The fourth-order valence-electron chi connectivity index (χ4n) is 3.43. The van der Waals surface area contributed by atoms with Crippen molar-refractivity contribution in [1.29, 1.82) is 0 Å². The van der Waals surface area contributed by atoms with Gasteiger partial charge in [0.2, 0.25) is 0 Å². The summed E-state index contributed by atoms with van der Waals surface area (Å²) in [7, 11) is 0. The van der Waals surface area contributed by atoms with Gasteiger partial charge in [-0.2, -0.15) is 0 Å². The number of hydrogen-bond acceptors (Lipinski definition) is 3. The van der Waals surface area contributed by atoms with Crippen LogP contribution in [-0.4, -0.2) is 22.4 Å². The third-order valence-electron chi connectivity index (χ3n) is 4.99. The van der Waals surface area contributed by atoms with E-state index in [-0.39, 0.29) is 5.78 Å². The maximum atomic E-state index is 12.3. The largest absolute Gasteiger partial charge is 0.493 e. The van der Waals surface area contributed by atoms with Gasteiger partial charge in [-0.3, -0.25) is 4.79 Å². The predicted molar refractivity (Wildman–Crippen MR) is 119 cm³/mol. The number of para-hydroxylation sites is 1. The Morgan fingerprint density at radius 3 is 2.20 bits per heavy atom. The molecule has 1 aromatic heterocycles. The molecule has 4 rings (SSSR count). The standard InChI is InChI=1S/C26H24N2O2/c29-23(16-21-6-2-1-3-7-21)17-22-12-10-20(11-13-22)14-15-30-26-9-5-4-8-24(26)25-18-27-19-28-25/h1-13,18-19H,14-17H2,(H,27,28). The molecule has 0 aliphatic heterocycles. The van der Waals surface area contributed by atoms with Crippen LogP contribution in [-0.2, 0) is 24.1 Å². The summed E-state index contributed by atoms with van der Waals surface area (Å²) in [5.41, 5.74) is 5.24. The minimum Gasteiger partial charge on any atom is -0.493 e. The molecule has 0 bridgehead atoms. The zero-order valence-electron chi connectivity index (χ0n) is 16.8. The van der Waals surface area contributed by atoms with Crippen molar-refractivity contribution in [3.05, 3.63) is 108 Å². The monoisotopic (exact) mass is 396 g/mol. The van der Waals surface area contributed by atoms with Gasteiger partial charge < -0.3 is 9.72 Å². The zero-order chi connectivity index (χ0) is 20.6. The number of hydrogen-bond donors (Lipinski definition) is 1. The van der Waals surface area contributed by atoms with E-state index in [1.165, 1.54) is 5.56 Å². The van der Waals surface area contributed by atoms with Gasteiger partial charge in [-0.15, -0.1) is 0 Å². The lowest BCUT2D eigenvalue weighted by Gasteiger charge is -2.10. The first-order chi connectivity index (χ1) is 14.8. The fourth-order valence-corrected chi connectivity index (χ4v) is 3.43. The first-order valence-electron chi connectivity index (χ1n) is 10.1. The van der Waals surface area contributed by atoms with Crippen molar-refractivity contribution in [3.63, 3.8) is 0 Å². The van der Waals surface area contributed by atoms with E-state index in [2.05, 4.69) is 22.1 Å². The van der Waals surface area contributed by atoms with Gasteiger partial charge in [0.15, 0.2) is 0 Å². The minimum absolute atomic E-state index is 0.229. The first-order valence-corrected chi connectivity index (χ1v) is 10.1. The maximum absolute atomic E-state index is 12.3. The molecule has 1 heterocycles. The quantitative estimate of drug-likeness (QED) is 0.431. The van der Waals surface area contributed by atoms with E-state index >= 15 is 0 Å². The highest BCUT2D eigenvalue weighted by atomic mass is 16.5. The van der Waals surface area contributed by atoms with Crippen LogP contribution in [0.2, 0.25) is 0 Å². The number of carbonyl (C=O) groups excluding carboxylic acids is 1. The molecule has 0 fully saturated rings. The van der Waals surface area contributed by atoms with Crippen LogP contribution >= 0.6 is 0 Å². The number of aromatic nitrogens is 2. The summed E-state index contributed by atoms with van der Waals surface area (Å²) in [6, 6.07) is 26.1. The number of ether oxygens (including phenoxy) is 1. The third-order valence-corrected chi connectivity index (χ3v) is 4.99. The first kappa shape index (κ1) is 19.6. The number of nitrogens with zero attached hydrogens (tertiary/aromatic N) is 1. The molecule has 4 heteroatoms. The van der Waals surface area contributed by atoms with Crippen LogP contribution in [0.15, 0.2) is 91.4 Å². The fraction of sp³-hybridized carbons (Fsp3) is 0.154.